The van der Waals surface area contributed by atoms with Gasteiger partial charge in [0.1, 0.15) is 5.82 Å². The van der Waals surface area contributed by atoms with Crippen LogP contribution in [0.5, 0.6) is 0 Å². The van der Waals surface area contributed by atoms with E-state index >= 15 is 0 Å². The number of aromatic nitrogens is 4. The third-order valence-electron chi connectivity index (χ3n) is 4.95. The van der Waals surface area contributed by atoms with Crippen molar-refractivity contribution in [3.8, 4) is 0 Å². The fraction of sp³-hybridized carbons (Fsp3) is 0.368. The van der Waals surface area contributed by atoms with Gasteiger partial charge in [-0.1, -0.05) is 0 Å². The summed E-state index contributed by atoms with van der Waals surface area (Å²) in [5.74, 6) is 1.02. The molecule has 0 bridgehead atoms. The molecular weight excluding hydrogens is 330 g/mol. The molecule has 26 heavy (non-hydrogen) atoms. The molecule has 0 aliphatic carbocycles. The molecule has 1 atom stereocenters. The molecule has 7 nitrogen and oxygen atoms in total. The van der Waals surface area contributed by atoms with E-state index in [0.29, 0.717) is 24.7 Å². The molecule has 0 saturated carbocycles. The van der Waals surface area contributed by atoms with E-state index in [4.69, 9.17) is 4.74 Å². The molecule has 1 saturated heterocycles. The van der Waals surface area contributed by atoms with Crippen LogP contribution in [-0.4, -0.2) is 38.6 Å². The first-order chi connectivity index (χ1) is 12.7. The number of hydrogen-bond acceptors (Lipinski definition) is 5. The fourth-order valence-corrected chi connectivity index (χ4v) is 3.53. The second-order valence-corrected chi connectivity index (χ2v) is 6.55. The first kappa shape index (κ1) is 16.7. The molecule has 134 valence electrons. The number of aryl methyl sites for hydroxylation is 1. The van der Waals surface area contributed by atoms with Gasteiger partial charge in [0.05, 0.1) is 17.1 Å². The van der Waals surface area contributed by atoms with Gasteiger partial charge in [0.15, 0.2) is 0 Å². The van der Waals surface area contributed by atoms with E-state index in [-0.39, 0.29) is 11.9 Å². The van der Waals surface area contributed by atoms with Gasteiger partial charge in [0, 0.05) is 56.6 Å². The number of ether oxygens (including phenoxy) is 1. The predicted octanol–water partition coefficient (Wildman–Crippen LogP) is 2.26. The number of fused-ring (bicyclic) bond motifs is 1. The van der Waals surface area contributed by atoms with Gasteiger partial charge in [0.2, 0.25) is 0 Å². The van der Waals surface area contributed by atoms with E-state index in [1.54, 1.807) is 36.9 Å². The predicted molar refractivity (Wildman–Crippen MR) is 96.5 cm³/mol. The van der Waals surface area contributed by atoms with Crippen LogP contribution in [0, 0.1) is 5.92 Å². The summed E-state index contributed by atoms with van der Waals surface area (Å²) in [5, 5.41) is 3.95. The minimum absolute atomic E-state index is 0.134. The van der Waals surface area contributed by atoms with Crippen molar-refractivity contribution in [1.29, 1.82) is 0 Å². The number of nitrogens with zero attached hydrogens (tertiary/aromatic N) is 4. The normalized spacial score (nSPS) is 16.5. The number of carbonyl (C=O) groups excluding carboxylic acids is 1. The second-order valence-electron chi connectivity index (χ2n) is 6.55. The molecule has 1 aliphatic heterocycles. The highest BCUT2D eigenvalue weighted by atomic mass is 16.5. The Labute approximate surface area is 151 Å². The molecule has 1 fully saturated rings. The summed E-state index contributed by atoms with van der Waals surface area (Å²) in [6.45, 7) is 1.42. The highest BCUT2D eigenvalue weighted by Gasteiger charge is 2.30. The molecule has 1 N–H and O–H groups in total. The summed E-state index contributed by atoms with van der Waals surface area (Å²) < 4.78 is 7.45. The van der Waals surface area contributed by atoms with Gasteiger partial charge in [-0.3, -0.25) is 14.8 Å². The topological polar surface area (TPSA) is 81.9 Å². The third kappa shape index (κ3) is 3.17. The SMILES string of the molecule is Cn1ccnc1[C@H](NC(=O)c1ccnc2ccncc12)C1CCOCC1. The Balaban J connectivity index is 1.66. The molecule has 3 aromatic rings. The van der Waals surface area contributed by atoms with E-state index in [0.717, 1.165) is 29.6 Å². The van der Waals surface area contributed by atoms with Crippen molar-refractivity contribution in [2.45, 2.75) is 18.9 Å². The molecular formula is C19H21N5O2. The number of rotatable bonds is 4. The maximum atomic E-state index is 13.1. The van der Waals surface area contributed by atoms with Crippen LogP contribution in [0.4, 0.5) is 0 Å². The van der Waals surface area contributed by atoms with Crippen molar-refractivity contribution in [2.75, 3.05) is 13.2 Å². The minimum Gasteiger partial charge on any atom is -0.381 e. The zero-order valence-corrected chi connectivity index (χ0v) is 14.6. The van der Waals surface area contributed by atoms with Gasteiger partial charge in [-0.2, -0.15) is 0 Å². The molecule has 4 heterocycles. The van der Waals surface area contributed by atoms with E-state index in [1.165, 1.54) is 0 Å². The largest absolute Gasteiger partial charge is 0.381 e. The van der Waals surface area contributed by atoms with Gasteiger partial charge in [-0.15, -0.1) is 0 Å². The van der Waals surface area contributed by atoms with Gasteiger partial charge >= 0.3 is 0 Å². The number of pyridine rings is 2. The average molecular weight is 351 g/mol. The number of imidazole rings is 1. The van der Waals surface area contributed by atoms with Crippen molar-refractivity contribution in [1.82, 2.24) is 24.8 Å². The van der Waals surface area contributed by atoms with Crippen LogP contribution in [0.15, 0.2) is 43.1 Å². The third-order valence-corrected chi connectivity index (χ3v) is 4.95. The maximum absolute atomic E-state index is 13.1. The fourth-order valence-electron chi connectivity index (χ4n) is 3.53. The van der Waals surface area contributed by atoms with E-state index in [2.05, 4.69) is 20.3 Å². The van der Waals surface area contributed by atoms with Crippen molar-refractivity contribution in [2.24, 2.45) is 13.0 Å². The summed E-state index contributed by atoms with van der Waals surface area (Å²) >= 11 is 0. The quantitative estimate of drug-likeness (QED) is 0.780. The molecule has 0 unspecified atom stereocenters. The van der Waals surface area contributed by atoms with Crippen molar-refractivity contribution in [3.63, 3.8) is 0 Å². The lowest BCUT2D eigenvalue weighted by molar-refractivity contribution is 0.0499. The van der Waals surface area contributed by atoms with Crippen molar-refractivity contribution in [3.05, 3.63) is 54.5 Å². The van der Waals surface area contributed by atoms with Gasteiger partial charge in [-0.25, -0.2) is 4.98 Å². The molecule has 3 aromatic heterocycles. The van der Waals surface area contributed by atoms with Gasteiger partial charge < -0.3 is 14.6 Å². The van der Waals surface area contributed by atoms with Crippen LogP contribution < -0.4 is 5.32 Å². The Morgan fingerprint density at radius 2 is 2.08 bits per heavy atom. The summed E-state index contributed by atoms with van der Waals surface area (Å²) in [6.07, 6.45) is 10.5. The summed E-state index contributed by atoms with van der Waals surface area (Å²) in [4.78, 5) is 26.0. The molecule has 0 spiro atoms. The molecule has 4 rings (SSSR count). The lowest BCUT2D eigenvalue weighted by Crippen LogP contribution is -2.37. The summed E-state index contributed by atoms with van der Waals surface area (Å²) in [7, 11) is 1.95. The summed E-state index contributed by atoms with van der Waals surface area (Å²) in [5.41, 5.74) is 1.33. The van der Waals surface area contributed by atoms with Crippen LogP contribution in [-0.2, 0) is 11.8 Å². The molecule has 0 aromatic carbocycles. The Bertz CT molecular complexity index is 912. The van der Waals surface area contributed by atoms with Crippen LogP contribution in [0.25, 0.3) is 10.9 Å². The highest BCUT2D eigenvalue weighted by Crippen LogP contribution is 2.29. The first-order valence-corrected chi connectivity index (χ1v) is 8.78. The molecule has 0 radical (unpaired) electrons. The van der Waals surface area contributed by atoms with Gasteiger partial charge in [-0.05, 0) is 30.9 Å². The monoisotopic (exact) mass is 351 g/mol. The summed E-state index contributed by atoms with van der Waals surface area (Å²) in [6, 6.07) is 3.38. The molecule has 7 heteroatoms. The Hall–Kier alpha value is -2.80. The smallest absolute Gasteiger partial charge is 0.252 e. The zero-order chi connectivity index (χ0) is 17.9. The van der Waals surface area contributed by atoms with Crippen LogP contribution in [0.2, 0.25) is 0 Å². The highest BCUT2D eigenvalue weighted by molar-refractivity contribution is 6.05. The lowest BCUT2D eigenvalue weighted by atomic mass is 9.90. The Morgan fingerprint density at radius 3 is 2.85 bits per heavy atom. The standard InChI is InChI=1S/C19H21N5O2/c1-24-9-8-22-18(24)17(13-4-10-26-11-5-13)23-19(25)14-2-7-21-16-3-6-20-12-15(14)16/h2-3,6-9,12-13,17H,4-5,10-11H2,1H3,(H,23,25)/t17-/m1/s1. The van der Waals surface area contributed by atoms with Gasteiger partial charge in [0.25, 0.3) is 5.91 Å². The number of amides is 1. The number of carbonyl (C=O) groups is 1. The molecule has 1 amide bonds. The van der Waals surface area contributed by atoms with Crippen molar-refractivity contribution >= 4 is 16.8 Å². The van der Waals surface area contributed by atoms with Crippen LogP contribution in [0.3, 0.4) is 0 Å². The maximum Gasteiger partial charge on any atom is 0.252 e. The molecule has 1 aliphatic rings. The second kappa shape index (κ2) is 7.21. The Morgan fingerprint density at radius 1 is 1.23 bits per heavy atom. The van der Waals surface area contributed by atoms with Crippen LogP contribution >= 0.6 is 0 Å². The first-order valence-electron chi connectivity index (χ1n) is 8.78. The van der Waals surface area contributed by atoms with E-state index in [9.17, 15) is 4.79 Å². The number of nitrogens with one attached hydrogen (secondary N) is 1. The van der Waals surface area contributed by atoms with E-state index in [1.807, 2.05) is 17.8 Å². The zero-order valence-electron chi connectivity index (χ0n) is 14.6. The number of hydrogen-bond donors (Lipinski definition) is 1. The Kier molecular flexibility index (Phi) is 4.62. The van der Waals surface area contributed by atoms with Crippen LogP contribution in [0.1, 0.15) is 35.1 Å². The van der Waals surface area contributed by atoms with Crippen molar-refractivity contribution < 1.29 is 9.53 Å². The van der Waals surface area contributed by atoms with E-state index < -0.39 is 0 Å². The average Bonchev–Trinajstić information content (AvgIpc) is 3.12. The minimum atomic E-state index is -0.161. The lowest BCUT2D eigenvalue weighted by Gasteiger charge is -2.30.